The molecule has 26 heavy (non-hydrogen) atoms. The zero-order valence-electron chi connectivity index (χ0n) is 14.0. The molecular weight excluding hydrogens is 354 g/mol. The van der Waals surface area contributed by atoms with Crippen molar-refractivity contribution >= 4 is 28.5 Å². The summed E-state index contributed by atoms with van der Waals surface area (Å²) in [6.07, 6.45) is 0.874. The van der Waals surface area contributed by atoms with E-state index in [4.69, 9.17) is 21.1 Å². The molecular formula is C19H18ClN3O3. The minimum Gasteiger partial charge on any atom is -0.486 e. The Kier molecular flexibility index (Phi) is 4.67. The Morgan fingerprint density at radius 2 is 2.08 bits per heavy atom. The van der Waals surface area contributed by atoms with Crippen LogP contribution in [0.15, 0.2) is 36.4 Å². The molecule has 0 saturated heterocycles. The van der Waals surface area contributed by atoms with Crippen molar-refractivity contribution in [2.75, 3.05) is 19.8 Å². The monoisotopic (exact) mass is 371 g/mol. The van der Waals surface area contributed by atoms with E-state index in [1.54, 1.807) is 12.1 Å². The van der Waals surface area contributed by atoms with Crippen molar-refractivity contribution in [3.8, 4) is 11.5 Å². The lowest BCUT2D eigenvalue weighted by Crippen LogP contribution is -2.27. The molecule has 0 fully saturated rings. The normalized spacial score (nSPS) is 13.0. The molecule has 0 saturated carbocycles. The van der Waals surface area contributed by atoms with Gasteiger partial charge in [0.2, 0.25) is 5.91 Å². The predicted octanol–water partition coefficient (Wildman–Crippen LogP) is 2.89. The molecule has 3 aromatic rings. The van der Waals surface area contributed by atoms with E-state index in [1.807, 2.05) is 24.3 Å². The lowest BCUT2D eigenvalue weighted by Gasteiger charge is -2.20. The maximum absolute atomic E-state index is 12.2. The van der Waals surface area contributed by atoms with Crippen molar-refractivity contribution in [1.82, 2.24) is 15.3 Å². The van der Waals surface area contributed by atoms with E-state index in [1.165, 1.54) is 0 Å². The van der Waals surface area contributed by atoms with Crippen molar-refractivity contribution in [1.29, 1.82) is 0 Å². The number of aromatic amines is 1. The number of amides is 1. The summed E-state index contributed by atoms with van der Waals surface area (Å²) in [5, 5.41) is 3.37. The number of benzene rings is 2. The minimum atomic E-state index is -0.0751. The van der Waals surface area contributed by atoms with Gasteiger partial charge in [0, 0.05) is 13.0 Å². The maximum Gasteiger partial charge on any atom is 0.224 e. The summed E-state index contributed by atoms with van der Waals surface area (Å²) in [6.45, 7) is 1.47. The van der Waals surface area contributed by atoms with Crippen molar-refractivity contribution in [2.45, 2.75) is 12.8 Å². The van der Waals surface area contributed by atoms with Crippen LogP contribution in [-0.2, 0) is 17.6 Å². The van der Waals surface area contributed by atoms with Crippen molar-refractivity contribution < 1.29 is 14.3 Å². The number of imidazole rings is 1. The highest BCUT2D eigenvalue weighted by atomic mass is 35.5. The number of hydrogen-bond acceptors (Lipinski definition) is 4. The number of H-pyrrole nitrogens is 1. The van der Waals surface area contributed by atoms with Gasteiger partial charge < -0.3 is 19.8 Å². The first-order valence-corrected chi connectivity index (χ1v) is 8.85. The second kappa shape index (κ2) is 7.25. The number of fused-ring (bicyclic) bond motifs is 2. The van der Waals surface area contributed by atoms with Gasteiger partial charge in [-0.15, -0.1) is 0 Å². The summed E-state index contributed by atoms with van der Waals surface area (Å²) in [6, 6.07) is 11.4. The number of halogens is 1. The van der Waals surface area contributed by atoms with Crippen LogP contribution < -0.4 is 14.8 Å². The van der Waals surface area contributed by atoms with E-state index in [0.29, 0.717) is 42.7 Å². The van der Waals surface area contributed by atoms with Gasteiger partial charge in [-0.05, 0) is 29.8 Å². The molecule has 1 aliphatic rings. The Labute approximate surface area is 155 Å². The second-order valence-corrected chi connectivity index (χ2v) is 6.49. The average Bonchev–Trinajstić information content (AvgIpc) is 3.04. The van der Waals surface area contributed by atoms with E-state index >= 15 is 0 Å². The second-order valence-electron chi connectivity index (χ2n) is 6.08. The zero-order valence-corrected chi connectivity index (χ0v) is 14.8. The average molecular weight is 372 g/mol. The summed E-state index contributed by atoms with van der Waals surface area (Å²) in [4.78, 5) is 19.9. The van der Waals surface area contributed by atoms with E-state index < -0.39 is 0 Å². The third kappa shape index (κ3) is 3.60. The fraction of sp³-hybridized carbons (Fsp3) is 0.263. The molecule has 1 amide bonds. The largest absolute Gasteiger partial charge is 0.486 e. The molecule has 4 rings (SSSR count). The molecule has 0 radical (unpaired) electrons. The van der Waals surface area contributed by atoms with Gasteiger partial charge in [0.15, 0.2) is 11.5 Å². The minimum absolute atomic E-state index is 0.0751. The summed E-state index contributed by atoms with van der Waals surface area (Å²) in [7, 11) is 0. The molecule has 2 aromatic carbocycles. The molecule has 1 aliphatic heterocycles. The van der Waals surface area contributed by atoms with Crippen molar-refractivity contribution in [2.24, 2.45) is 0 Å². The number of aromatic nitrogens is 2. The van der Waals surface area contributed by atoms with E-state index in [0.717, 1.165) is 22.4 Å². The molecule has 0 unspecified atom stereocenters. The SMILES string of the molecule is O=C(Cc1cc(Cl)c2c(c1)OCCO2)NCCc1nc2ccccc2[nH]1. The zero-order chi connectivity index (χ0) is 17.9. The van der Waals surface area contributed by atoms with Crippen LogP contribution in [-0.4, -0.2) is 35.6 Å². The van der Waals surface area contributed by atoms with Crippen LogP contribution in [0, 0.1) is 0 Å². The number of hydrogen-bond donors (Lipinski definition) is 2. The van der Waals surface area contributed by atoms with Gasteiger partial charge in [-0.25, -0.2) is 4.98 Å². The molecule has 6 nitrogen and oxygen atoms in total. The highest BCUT2D eigenvalue weighted by Gasteiger charge is 2.17. The third-order valence-corrected chi connectivity index (χ3v) is 4.42. The molecule has 0 atom stereocenters. The number of nitrogens with zero attached hydrogens (tertiary/aromatic N) is 1. The van der Waals surface area contributed by atoms with Gasteiger partial charge >= 0.3 is 0 Å². The lowest BCUT2D eigenvalue weighted by molar-refractivity contribution is -0.120. The highest BCUT2D eigenvalue weighted by molar-refractivity contribution is 6.32. The fourth-order valence-electron chi connectivity index (χ4n) is 2.96. The summed E-state index contributed by atoms with van der Waals surface area (Å²) in [5.74, 6) is 1.92. The highest BCUT2D eigenvalue weighted by Crippen LogP contribution is 2.38. The summed E-state index contributed by atoms with van der Waals surface area (Å²) < 4.78 is 11.0. The maximum atomic E-state index is 12.2. The van der Waals surface area contributed by atoms with Crippen LogP contribution in [0.2, 0.25) is 5.02 Å². The quantitative estimate of drug-likeness (QED) is 0.723. The van der Waals surface area contributed by atoms with Crippen LogP contribution in [0.25, 0.3) is 11.0 Å². The Morgan fingerprint density at radius 3 is 2.96 bits per heavy atom. The number of rotatable bonds is 5. The van der Waals surface area contributed by atoms with Crippen LogP contribution in [0.4, 0.5) is 0 Å². The van der Waals surface area contributed by atoms with E-state index in [-0.39, 0.29) is 12.3 Å². The third-order valence-electron chi connectivity index (χ3n) is 4.14. The molecule has 7 heteroatoms. The molecule has 2 N–H and O–H groups in total. The van der Waals surface area contributed by atoms with Crippen LogP contribution in [0.1, 0.15) is 11.4 Å². The number of carbonyl (C=O) groups is 1. The molecule has 2 heterocycles. The molecule has 134 valence electrons. The van der Waals surface area contributed by atoms with E-state index in [9.17, 15) is 4.79 Å². The summed E-state index contributed by atoms with van der Waals surface area (Å²) >= 11 is 6.20. The van der Waals surface area contributed by atoms with Crippen LogP contribution in [0.5, 0.6) is 11.5 Å². The van der Waals surface area contributed by atoms with Gasteiger partial charge in [-0.2, -0.15) is 0 Å². The van der Waals surface area contributed by atoms with Crippen LogP contribution >= 0.6 is 11.6 Å². The predicted molar refractivity (Wildman–Crippen MR) is 99.0 cm³/mol. The Balaban J connectivity index is 1.33. The van der Waals surface area contributed by atoms with Gasteiger partial charge in [-0.3, -0.25) is 4.79 Å². The smallest absolute Gasteiger partial charge is 0.224 e. The Hall–Kier alpha value is -2.73. The van der Waals surface area contributed by atoms with Crippen LogP contribution in [0.3, 0.4) is 0 Å². The first kappa shape index (κ1) is 16.7. The van der Waals surface area contributed by atoms with Gasteiger partial charge in [0.25, 0.3) is 0 Å². The van der Waals surface area contributed by atoms with Gasteiger partial charge in [0.1, 0.15) is 19.0 Å². The number of nitrogens with one attached hydrogen (secondary N) is 2. The van der Waals surface area contributed by atoms with Gasteiger partial charge in [-0.1, -0.05) is 23.7 Å². The Bertz CT molecular complexity index is 921. The number of para-hydroxylation sites is 2. The fourth-order valence-corrected chi connectivity index (χ4v) is 3.25. The standard InChI is InChI=1S/C19H18ClN3O3/c20-13-9-12(10-16-19(13)26-8-7-25-16)11-18(24)21-6-5-17-22-14-3-1-2-4-15(14)23-17/h1-4,9-10H,5-8,11H2,(H,21,24)(H,22,23). The van der Waals surface area contributed by atoms with Gasteiger partial charge in [0.05, 0.1) is 22.5 Å². The molecule has 0 spiro atoms. The Morgan fingerprint density at radius 1 is 1.23 bits per heavy atom. The van der Waals surface area contributed by atoms with Crippen molar-refractivity contribution in [3.63, 3.8) is 0 Å². The summed E-state index contributed by atoms with van der Waals surface area (Å²) in [5.41, 5.74) is 2.72. The van der Waals surface area contributed by atoms with E-state index in [2.05, 4.69) is 15.3 Å². The number of ether oxygens (including phenoxy) is 2. The van der Waals surface area contributed by atoms with Crippen molar-refractivity contribution in [3.05, 3.63) is 52.8 Å². The number of carbonyl (C=O) groups excluding carboxylic acids is 1. The first-order valence-electron chi connectivity index (χ1n) is 8.47. The lowest BCUT2D eigenvalue weighted by atomic mass is 10.1. The molecule has 0 bridgehead atoms. The first-order chi connectivity index (χ1) is 12.7. The topological polar surface area (TPSA) is 76.2 Å². The molecule has 1 aromatic heterocycles. The molecule has 0 aliphatic carbocycles.